The number of alkyl halides is 3. The number of para-hydroxylation sites is 1. The first-order chi connectivity index (χ1) is 17.9. The van der Waals surface area contributed by atoms with E-state index in [2.05, 4.69) is 30.5 Å². The number of carbonyl (C=O) groups excluding carboxylic acids is 1. The van der Waals surface area contributed by atoms with Gasteiger partial charge in [-0.05, 0) is 55.4 Å². The Kier molecular flexibility index (Phi) is 9.90. The number of aliphatic carboxylic acids is 1. The van der Waals surface area contributed by atoms with E-state index >= 15 is 0 Å². The van der Waals surface area contributed by atoms with Crippen LogP contribution in [0.2, 0.25) is 5.02 Å². The van der Waals surface area contributed by atoms with Crippen molar-refractivity contribution in [3.63, 3.8) is 0 Å². The Balaban J connectivity index is 0.000000505. The number of nitrogens with one attached hydrogen (secondary N) is 2. The smallest absolute Gasteiger partial charge is 0.475 e. The largest absolute Gasteiger partial charge is 0.490 e. The average molecular weight is 551 g/mol. The van der Waals surface area contributed by atoms with E-state index in [0.29, 0.717) is 23.4 Å². The van der Waals surface area contributed by atoms with Crippen molar-refractivity contribution in [2.45, 2.75) is 64.2 Å². The van der Waals surface area contributed by atoms with Crippen LogP contribution in [0.15, 0.2) is 48.5 Å². The summed E-state index contributed by atoms with van der Waals surface area (Å²) in [5, 5.41) is 15.5. The quantitative estimate of drug-likeness (QED) is 0.331. The normalized spacial score (nSPS) is 17.4. The Bertz CT molecular complexity index is 1260. The molecule has 1 fully saturated rings. The maximum Gasteiger partial charge on any atom is 0.490 e. The summed E-state index contributed by atoms with van der Waals surface area (Å²) in [6.45, 7) is 4.83. The topological polar surface area (TPSA) is 104 Å². The Hall–Kier alpha value is -3.40. The molecule has 1 aliphatic rings. The predicted octanol–water partition coefficient (Wildman–Crippen LogP) is 6.33. The molecular formula is C27H30ClF3N4O3. The molecule has 1 heterocycles. The summed E-state index contributed by atoms with van der Waals surface area (Å²) in [5.74, 6) is -1.56. The summed E-state index contributed by atoms with van der Waals surface area (Å²) >= 11 is 6.02. The molecule has 1 aliphatic carbocycles. The number of carboxylic acids is 1. The highest BCUT2D eigenvalue weighted by Gasteiger charge is 2.38. The molecule has 4 rings (SSSR count). The van der Waals surface area contributed by atoms with Crippen LogP contribution in [0.25, 0.3) is 10.9 Å². The molecule has 1 saturated carbocycles. The fourth-order valence-electron chi connectivity index (χ4n) is 4.27. The Morgan fingerprint density at radius 3 is 2.32 bits per heavy atom. The van der Waals surface area contributed by atoms with E-state index in [1.807, 2.05) is 42.5 Å². The van der Waals surface area contributed by atoms with Gasteiger partial charge >= 0.3 is 12.1 Å². The molecule has 38 heavy (non-hydrogen) atoms. The van der Waals surface area contributed by atoms with E-state index in [-0.39, 0.29) is 17.9 Å². The van der Waals surface area contributed by atoms with Gasteiger partial charge in [0.15, 0.2) is 0 Å². The summed E-state index contributed by atoms with van der Waals surface area (Å²) in [6, 6.07) is 16.1. The molecule has 3 N–H and O–H groups in total. The zero-order valence-corrected chi connectivity index (χ0v) is 21.8. The van der Waals surface area contributed by atoms with Crippen molar-refractivity contribution in [1.82, 2.24) is 15.3 Å². The van der Waals surface area contributed by atoms with Gasteiger partial charge in [-0.3, -0.25) is 4.79 Å². The molecule has 0 aliphatic heterocycles. The fourth-order valence-corrected chi connectivity index (χ4v) is 4.48. The lowest BCUT2D eigenvalue weighted by atomic mass is 9.85. The molecule has 0 bridgehead atoms. The molecular weight excluding hydrogens is 521 g/mol. The summed E-state index contributed by atoms with van der Waals surface area (Å²) in [4.78, 5) is 31.0. The van der Waals surface area contributed by atoms with E-state index in [4.69, 9.17) is 31.5 Å². The Labute approximate surface area is 223 Å². The molecule has 1 aromatic heterocycles. The number of nitrogens with zero attached hydrogens (tertiary/aromatic N) is 2. The number of hydrogen-bond acceptors (Lipinski definition) is 5. The molecule has 3 aromatic rings. The second-order valence-electron chi connectivity index (χ2n) is 9.45. The molecule has 7 nitrogen and oxygen atoms in total. The number of benzene rings is 2. The van der Waals surface area contributed by atoms with Crippen molar-refractivity contribution >= 4 is 40.3 Å². The number of rotatable bonds is 6. The summed E-state index contributed by atoms with van der Waals surface area (Å²) in [6.07, 6.45) is -1.49. The third-order valence-electron chi connectivity index (χ3n) is 6.21. The van der Waals surface area contributed by atoms with E-state index < -0.39 is 12.1 Å². The van der Waals surface area contributed by atoms with Gasteiger partial charge in [-0.1, -0.05) is 55.8 Å². The monoisotopic (exact) mass is 550 g/mol. The zero-order valence-electron chi connectivity index (χ0n) is 21.1. The van der Waals surface area contributed by atoms with Crippen LogP contribution >= 0.6 is 11.6 Å². The molecule has 0 atom stereocenters. The van der Waals surface area contributed by atoms with E-state index in [9.17, 15) is 18.0 Å². The fraction of sp³-hybridized carbons (Fsp3) is 0.407. The molecule has 204 valence electrons. The van der Waals surface area contributed by atoms with Crippen LogP contribution in [-0.2, 0) is 16.1 Å². The van der Waals surface area contributed by atoms with Crippen molar-refractivity contribution in [3.05, 3.63) is 64.8 Å². The summed E-state index contributed by atoms with van der Waals surface area (Å²) in [5.41, 5.74) is 3.06. The van der Waals surface area contributed by atoms with Crippen molar-refractivity contribution in [1.29, 1.82) is 0 Å². The second-order valence-corrected chi connectivity index (χ2v) is 9.88. The maximum atomic E-state index is 12.6. The highest BCUT2D eigenvalue weighted by atomic mass is 35.5. The minimum atomic E-state index is -5.08. The number of anilines is 1. The van der Waals surface area contributed by atoms with Crippen LogP contribution in [0.1, 0.15) is 56.7 Å². The minimum absolute atomic E-state index is 0.0565. The highest BCUT2D eigenvalue weighted by Crippen LogP contribution is 2.28. The van der Waals surface area contributed by atoms with Crippen molar-refractivity contribution in [2.75, 3.05) is 5.32 Å². The number of carbonyl (C=O) groups is 2. The van der Waals surface area contributed by atoms with Gasteiger partial charge in [-0.2, -0.15) is 13.2 Å². The Morgan fingerprint density at radius 2 is 1.71 bits per heavy atom. The van der Waals surface area contributed by atoms with Gasteiger partial charge in [0.25, 0.3) is 0 Å². The number of fused-ring (bicyclic) bond motifs is 1. The minimum Gasteiger partial charge on any atom is -0.475 e. The number of amides is 1. The first-order valence-electron chi connectivity index (χ1n) is 12.3. The van der Waals surface area contributed by atoms with E-state index in [0.717, 1.165) is 47.8 Å². The van der Waals surface area contributed by atoms with Crippen LogP contribution in [0.4, 0.5) is 19.1 Å². The average Bonchev–Trinajstić information content (AvgIpc) is 2.87. The second kappa shape index (κ2) is 12.9. The third-order valence-corrected chi connectivity index (χ3v) is 6.44. The van der Waals surface area contributed by atoms with Gasteiger partial charge in [0.2, 0.25) is 11.9 Å². The van der Waals surface area contributed by atoms with Gasteiger partial charge < -0.3 is 15.7 Å². The first kappa shape index (κ1) is 29.2. The van der Waals surface area contributed by atoms with Crippen LogP contribution in [0.3, 0.4) is 0 Å². The van der Waals surface area contributed by atoms with Gasteiger partial charge in [-0.25, -0.2) is 14.8 Å². The van der Waals surface area contributed by atoms with Crippen LogP contribution in [0, 0.1) is 5.92 Å². The maximum absolute atomic E-state index is 12.6. The van der Waals surface area contributed by atoms with Crippen LogP contribution in [0.5, 0.6) is 0 Å². The molecule has 2 aromatic carbocycles. The molecule has 0 radical (unpaired) electrons. The standard InChI is InChI=1S/C25H29ClN4O.C2HF3O2/c1-16(2)23-21-8-3-4-9-22(21)29-25(30-23)28-20-12-10-18(11-13-20)24(31)27-15-17-6-5-7-19(26)14-17;3-2(4,5)1(6)7/h3-9,14,16,18,20H,10-13,15H2,1-2H3,(H,27,31)(H,28,29,30);(H,6,7)/t18-,20+;. The van der Waals surface area contributed by atoms with Crippen LogP contribution in [-0.4, -0.2) is 39.2 Å². The lowest BCUT2D eigenvalue weighted by Gasteiger charge is -2.28. The van der Waals surface area contributed by atoms with Gasteiger partial charge in [0, 0.05) is 28.9 Å². The lowest BCUT2D eigenvalue weighted by molar-refractivity contribution is -0.192. The SMILES string of the molecule is CC(C)c1nc(N[C@H]2CC[C@@H](C(=O)NCc3cccc(Cl)c3)CC2)nc2ccccc12.O=C(O)C(F)(F)F. The number of carboxylic acid groups (broad SMARTS) is 1. The third kappa shape index (κ3) is 8.31. The van der Waals surface area contributed by atoms with Crippen molar-refractivity contribution < 1.29 is 27.9 Å². The van der Waals surface area contributed by atoms with Gasteiger partial charge in [-0.15, -0.1) is 0 Å². The van der Waals surface area contributed by atoms with Gasteiger partial charge in [0.1, 0.15) is 0 Å². The molecule has 0 unspecified atom stereocenters. The van der Waals surface area contributed by atoms with Crippen LogP contribution < -0.4 is 10.6 Å². The molecule has 0 spiro atoms. The number of hydrogen-bond donors (Lipinski definition) is 3. The summed E-state index contributed by atoms with van der Waals surface area (Å²) < 4.78 is 31.7. The lowest BCUT2D eigenvalue weighted by Crippen LogP contribution is -2.35. The predicted molar refractivity (Wildman–Crippen MR) is 140 cm³/mol. The zero-order chi connectivity index (χ0) is 27.9. The van der Waals surface area contributed by atoms with E-state index in [1.54, 1.807) is 0 Å². The molecule has 11 heteroatoms. The summed E-state index contributed by atoms with van der Waals surface area (Å²) in [7, 11) is 0. The van der Waals surface area contributed by atoms with Crippen molar-refractivity contribution in [2.24, 2.45) is 5.92 Å². The Morgan fingerprint density at radius 1 is 1.05 bits per heavy atom. The number of aromatic nitrogens is 2. The first-order valence-corrected chi connectivity index (χ1v) is 12.7. The highest BCUT2D eigenvalue weighted by molar-refractivity contribution is 6.30. The van der Waals surface area contributed by atoms with Crippen molar-refractivity contribution in [3.8, 4) is 0 Å². The number of halogens is 4. The van der Waals surface area contributed by atoms with E-state index in [1.165, 1.54) is 0 Å². The van der Waals surface area contributed by atoms with Gasteiger partial charge in [0.05, 0.1) is 11.2 Å². The molecule has 1 amide bonds. The molecule has 0 saturated heterocycles.